The molecule has 0 atom stereocenters. The van der Waals surface area contributed by atoms with E-state index >= 15 is 0 Å². The summed E-state index contributed by atoms with van der Waals surface area (Å²) < 4.78 is 5.65. The Balaban J connectivity index is 2.67. The quantitative estimate of drug-likeness (QED) is 0.567. The van der Waals surface area contributed by atoms with Crippen molar-refractivity contribution in [3.8, 4) is 0 Å². The SMILES string of the molecule is COC(=O)CN(C(=O)CSc1ccc(Br)cc1C)C(C)C. The number of aryl methyl sites for hydroxylation is 1. The Morgan fingerprint density at radius 2 is 2.05 bits per heavy atom. The molecule has 1 aromatic rings. The third kappa shape index (κ3) is 5.71. The lowest BCUT2D eigenvalue weighted by Gasteiger charge is -2.25. The van der Waals surface area contributed by atoms with Gasteiger partial charge in [-0.05, 0) is 44.5 Å². The summed E-state index contributed by atoms with van der Waals surface area (Å²) in [7, 11) is 1.32. The van der Waals surface area contributed by atoms with Crippen LogP contribution in [0.3, 0.4) is 0 Å². The number of halogens is 1. The third-order valence-electron chi connectivity index (χ3n) is 2.96. The molecular weight excluding hydrogens is 354 g/mol. The van der Waals surface area contributed by atoms with Crippen molar-refractivity contribution in [2.24, 2.45) is 0 Å². The van der Waals surface area contributed by atoms with Gasteiger partial charge < -0.3 is 9.64 Å². The molecule has 0 bridgehead atoms. The second-order valence-electron chi connectivity index (χ2n) is 4.89. The van der Waals surface area contributed by atoms with E-state index in [9.17, 15) is 9.59 Å². The highest BCUT2D eigenvalue weighted by Crippen LogP contribution is 2.25. The fraction of sp³-hybridized carbons (Fsp3) is 0.467. The molecular formula is C15H20BrNO3S. The van der Waals surface area contributed by atoms with E-state index in [4.69, 9.17) is 0 Å². The lowest BCUT2D eigenvalue weighted by Crippen LogP contribution is -2.42. The molecule has 0 fully saturated rings. The maximum Gasteiger partial charge on any atom is 0.325 e. The molecule has 0 unspecified atom stereocenters. The Morgan fingerprint density at radius 3 is 2.57 bits per heavy atom. The number of benzene rings is 1. The summed E-state index contributed by atoms with van der Waals surface area (Å²) in [6.07, 6.45) is 0. The summed E-state index contributed by atoms with van der Waals surface area (Å²) in [4.78, 5) is 26.2. The Kier molecular flexibility index (Phi) is 7.25. The van der Waals surface area contributed by atoms with Gasteiger partial charge >= 0.3 is 5.97 Å². The van der Waals surface area contributed by atoms with Gasteiger partial charge in [0.15, 0.2) is 0 Å². The average molecular weight is 374 g/mol. The molecule has 0 aliphatic carbocycles. The topological polar surface area (TPSA) is 46.6 Å². The van der Waals surface area contributed by atoms with Crippen molar-refractivity contribution in [2.45, 2.75) is 31.7 Å². The number of ether oxygens (including phenoxy) is 1. The van der Waals surface area contributed by atoms with Crippen molar-refractivity contribution >= 4 is 39.6 Å². The number of rotatable bonds is 6. The largest absolute Gasteiger partial charge is 0.468 e. The maximum absolute atomic E-state index is 12.3. The number of nitrogens with zero attached hydrogens (tertiary/aromatic N) is 1. The minimum absolute atomic E-state index is 0.00706. The summed E-state index contributed by atoms with van der Waals surface area (Å²) in [5.41, 5.74) is 1.12. The highest BCUT2D eigenvalue weighted by atomic mass is 79.9. The van der Waals surface area contributed by atoms with Gasteiger partial charge in [-0.3, -0.25) is 9.59 Å². The fourth-order valence-electron chi connectivity index (χ4n) is 1.76. The monoisotopic (exact) mass is 373 g/mol. The van der Waals surface area contributed by atoms with E-state index in [0.29, 0.717) is 5.75 Å². The van der Waals surface area contributed by atoms with Crippen LogP contribution in [0.5, 0.6) is 0 Å². The first-order chi connectivity index (χ1) is 9.85. The van der Waals surface area contributed by atoms with Gasteiger partial charge in [0, 0.05) is 15.4 Å². The van der Waals surface area contributed by atoms with Gasteiger partial charge in [-0.25, -0.2) is 0 Å². The van der Waals surface area contributed by atoms with Gasteiger partial charge in [-0.2, -0.15) is 0 Å². The van der Waals surface area contributed by atoms with E-state index in [2.05, 4.69) is 20.7 Å². The van der Waals surface area contributed by atoms with Crippen LogP contribution in [0.1, 0.15) is 19.4 Å². The normalized spacial score (nSPS) is 10.6. The Morgan fingerprint density at radius 1 is 1.38 bits per heavy atom. The van der Waals surface area contributed by atoms with Crippen LogP contribution in [0.4, 0.5) is 0 Å². The van der Waals surface area contributed by atoms with Crippen LogP contribution in [-0.2, 0) is 14.3 Å². The zero-order chi connectivity index (χ0) is 16.0. The van der Waals surface area contributed by atoms with E-state index in [1.807, 2.05) is 39.0 Å². The zero-order valence-corrected chi connectivity index (χ0v) is 15.1. The maximum atomic E-state index is 12.3. The number of hydrogen-bond acceptors (Lipinski definition) is 4. The molecule has 0 aliphatic heterocycles. The first-order valence-electron chi connectivity index (χ1n) is 6.60. The van der Waals surface area contributed by atoms with Crippen molar-refractivity contribution in [2.75, 3.05) is 19.4 Å². The molecule has 0 radical (unpaired) electrons. The first kappa shape index (κ1) is 18.0. The van der Waals surface area contributed by atoms with Crippen LogP contribution < -0.4 is 0 Å². The van der Waals surface area contributed by atoms with E-state index in [1.165, 1.54) is 23.8 Å². The summed E-state index contributed by atoms with van der Waals surface area (Å²) in [5, 5.41) is 0. The lowest BCUT2D eigenvalue weighted by atomic mass is 10.2. The number of hydrogen-bond donors (Lipinski definition) is 0. The standard InChI is InChI=1S/C15H20BrNO3S/c1-10(2)17(8-15(19)20-4)14(18)9-21-13-6-5-12(16)7-11(13)3/h5-7,10H,8-9H2,1-4H3. The van der Waals surface area contributed by atoms with Gasteiger partial charge in [0.2, 0.25) is 5.91 Å². The number of carbonyl (C=O) groups is 2. The van der Waals surface area contributed by atoms with E-state index in [1.54, 1.807) is 0 Å². The zero-order valence-electron chi connectivity index (χ0n) is 12.7. The molecule has 116 valence electrons. The number of carbonyl (C=O) groups excluding carboxylic acids is 2. The predicted octanol–water partition coefficient (Wildman–Crippen LogP) is 3.26. The summed E-state index contributed by atoms with van der Waals surface area (Å²) >= 11 is 4.90. The summed E-state index contributed by atoms with van der Waals surface area (Å²) in [6.45, 7) is 5.77. The second-order valence-corrected chi connectivity index (χ2v) is 6.82. The predicted molar refractivity (Wildman–Crippen MR) is 88.5 cm³/mol. The van der Waals surface area contributed by atoms with E-state index in [-0.39, 0.29) is 18.5 Å². The van der Waals surface area contributed by atoms with Crippen LogP contribution in [0.15, 0.2) is 27.6 Å². The lowest BCUT2D eigenvalue weighted by molar-refractivity contribution is -0.147. The molecule has 0 heterocycles. The fourth-order valence-corrected chi connectivity index (χ4v) is 3.13. The molecule has 6 heteroatoms. The number of esters is 1. The van der Waals surface area contributed by atoms with Crippen LogP contribution in [0.2, 0.25) is 0 Å². The van der Waals surface area contributed by atoms with Gasteiger partial charge in [0.1, 0.15) is 6.54 Å². The second kappa shape index (κ2) is 8.44. The van der Waals surface area contributed by atoms with Gasteiger partial charge in [0.25, 0.3) is 0 Å². The van der Waals surface area contributed by atoms with Crippen molar-refractivity contribution in [3.05, 3.63) is 28.2 Å². The molecule has 1 aromatic carbocycles. The number of methoxy groups -OCH3 is 1. The van der Waals surface area contributed by atoms with Gasteiger partial charge in [-0.15, -0.1) is 11.8 Å². The summed E-state index contributed by atoms with van der Waals surface area (Å²) in [6, 6.07) is 5.91. The van der Waals surface area contributed by atoms with Crippen molar-refractivity contribution in [1.82, 2.24) is 4.90 Å². The van der Waals surface area contributed by atoms with Crippen molar-refractivity contribution < 1.29 is 14.3 Å². The minimum atomic E-state index is -0.401. The molecule has 4 nitrogen and oxygen atoms in total. The molecule has 0 saturated carbocycles. The van der Waals surface area contributed by atoms with Crippen molar-refractivity contribution in [3.63, 3.8) is 0 Å². The number of amides is 1. The van der Waals surface area contributed by atoms with Crippen LogP contribution in [0, 0.1) is 6.92 Å². The van der Waals surface area contributed by atoms with E-state index in [0.717, 1.165) is 14.9 Å². The minimum Gasteiger partial charge on any atom is -0.468 e. The third-order valence-corrected chi connectivity index (χ3v) is 4.61. The molecule has 1 rings (SSSR count). The van der Waals surface area contributed by atoms with Crippen LogP contribution in [0.25, 0.3) is 0 Å². The molecule has 1 amide bonds. The molecule has 0 aromatic heterocycles. The Labute approximate surface area is 138 Å². The van der Waals surface area contributed by atoms with E-state index < -0.39 is 5.97 Å². The van der Waals surface area contributed by atoms with Gasteiger partial charge in [-0.1, -0.05) is 15.9 Å². The molecule has 0 saturated heterocycles. The smallest absolute Gasteiger partial charge is 0.325 e. The summed E-state index contributed by atoms with van der Waals surface area (Å²) in [5.74, 6) is -0.165. The highest BCUT2D eigenvalue weighted by molar-refractivity contribution is 9.10. The molecule has 0 spiro atoms. The average Bonchev–Trinajstić information content (AvgIpc) is 2.42. The molecule has 21 heavy (non-hydrogen) atoms. The molecule has 0 aliphatic rings. The molecule has 0 N–H and O–H groups in total. The van der Waals surface area contributed by atoms with Crippen LogP contribution in [-0.4, -0.2) is 42.2 Å². The van der Waals surface area contributed by atoms with Gasteiger partial charge in [0.05, 0.1) is 12.9 Å². The first-order valence-corrected chi connectivity index (χ1v) is 8.38. The van der Waals surface area contributed by atoms with Crippen molar-refractivity contribution in [1.29, 1.82) is 0 Å². The Bertz CT molecular complexity index is 520. The number of thioether (sulfide) groups is 1. The Hall–Kier alpha value is -1.01. The highest BCUT2D eigenvalue weighted by Gasteiger charge is 2.20. The van der Waals surface area contributed by atoms with Crippen LogP contribution >= 0.6 is 27.7 Å².